The molecule has 5 heteroatoms. The van der Waals surface area contributed by atoms with Gasteiger partial charge in [-0.15, -0.1) is 0 Å². The molecule has 0 aromatic rings. The lowest BCUT2D eigenvalue weighted by atomic mass is 10.0. The van der Waals surface area contributed by atoms with E-state index in [2.05, 4.69) is 4.74 Å². The smallest absolute Gasteiger partial charge is 0.305 e. The maximum Gasteiger partial charge on any atom is 0.305 e. The molecule has 0 unspecified atom stereocenters. The molecule has 1 heterocycles. The average molecular weight is 258 g/mol. The maximum atomic E-state index is 10.9. The fraction of sp³-hybridized carbons (Fsp3) is 0.846. The minimum absolute atomic E-state index is 0.165. The van der Waals surface area contributed by atoms with Crippen molar-refractivity contribution in [3.8, 4) is 0 Å². The molecule has 0 radical (unpaired) electrons. The first-order valence-electron chi connectivity index (χ1n) is 6.51. The summed E-state index contributed by atoms with van der Waals surface area (Å²) in [5, 5.41) is 0. The molecule has 18 heavy (non-hydrogen) atoms. The van der Waals surface area contributed by atoms with E-state index in [0.29, 0.717) is 25.9 Å². The van der Waals surface area contributed by atoms with E-state index in [1.165, 1.54) is 7.11 Å². The van der Waals surface area contributed by atoms with Crippen molar-refractivity contribution in [1.82, 2.24) is 0 Å². The topological polar surface area (TPSA) is 61.8 Å². The Hall–Kier alpha value is -0.940. The Morgan fingerprint density at radius 1 is 1.50 bits per heavy atom. The first-order chi connectivity index (χ1) is 8.76. The SMILES string of the molecule is COC(=O)CCC[C@@H](C=O)CO[C@@H]1CCCCO1. The number of carbonyl (C=O) groups excluding carboxylic acids is 2. The lowest BCUT2D eigenvalue weighted by molar-refractivity contribution is -0.169. The Labute approximate surface area is 108 Å². The molecule has 0 aliphatic carbocycles. The minimum atomic E-state index is -0.240. The maximum absolute atomic E-state index is 10.9. The molecule has 1 rings (SSSR count). The molecule has 1 saturated heterocycles. The molecular weight excluding hydrogens is 236 g/mol. The molecular formula is C13H22O5. The predicted molar refractivity (Wildman–Crippen MR) is 65.0 cm³/mol. The van der Waals surface area contributed by atoms with Crippen molar-refractivity contribution in [3.05, 3.63) is 0 Å². The Kier molecular flexibility index (Phi) is 7.60. The molecule has 1 fully saturated rings. The third kappa shape index (κ3) is 6.12. The van der Waals surface area contributed by atoms with Gasteiger partial charge in [0.1, 0.15) is 6.29 Å². The molecule has 2 atom stereocenters. The highest BCUT2D eigenvalue weighted by atomic mass is 16.7. The van der Waals surface area contributed by atoms with Gasteiger partial charge >= 0.3 is 5.97 Å². The fourth-order valence-corrected chi connectivity index (χ4v) is 1.87. The molecule has 0 bridgehead atoms. The number of methoxy groups -OCH3 is 1. The molecule has 5 nitrogen and oxygen atoms in total. The van der Waals surface area contributed by atoms with Crippen molar-refractivity contribution in [3.63, 3.8) is 0 Å². The van der Waals surface area contributed by atoms with Crippen LogP contribution < -0.4 is 0 Å². The van der Waals surface area contributed by atoms with Crippen molar-refractivity contribution in [1.29, 1.82) is 0 Å². The van der Waals surface area contributed by atoms with Crippen LogP contribution in [0, 0.1) is 5.92 Å². The Morgan fingerprint density at radius 3 is 2.94 bits per heavy atom. The van der Waals surface area contributed by atoms with E-state index in [1.807, 2.05) is 0 Å². The standard InChI is InChI=1S/C13H22O5/c1-16-12(15)6-4-5-11(9-14)10-18-13-7-2-3-8-17-13/h9,11,13H,2-8,10H2,1H3/t11-,13+/m0/s1. The summed E-state index contributed by atoms with van der Waals surface area (Å²) in [6.45, 7) is 1.11. The van der Waals surface area contributed by atoms with Gasteiger partial charge in [0.2, 0.25) is 0 Å². The zero-order valence-electron chi connectivity index (χ0n) is 10.9. The van der Waals surface area contributed by atoms with Crippen molar-refractivity contribution in [2.24, 2.45) is 5.92 Å². The van der Waals surface area contributed by atoms with Gasteiger partial charge in [-0.25, -0.2) is 0 Å². The first kappa shape index (κ1) is 15.1. The Morgan fingerprint density at radius 2 is 2.33 bits per heavy atom. The van der Waals surface area contributed by atoms with E-state index in [-0.39, 0.29) is 18.2 Å². The molecule has 1 aliphatic heterocycles. The van der Waals surface area contributed by atoms with Crippen LogP contribution in [0.4, 0.5) is 0 Å². The second-order valence-corrected chi connectivity index (χ2v) is 4.49. The van der Waals surface area contributed by atoms with Gasteiger partial charge in [0, 0.05) is 18.9 Å². The summed E-state index contributed by atoms with van der Waals surface area (Å²) >= 11 is 0. The van der Waals surface area contributed by atoms with E-state index in [4.69, 9.17) is 9.47 Å². The van der Waals surface area contributed by atoms with E-state index in [1.54, 1.807) is 0 Å². The molecule has 0 N–H and O–H groups in total. The first-order valence-corrected chi connectivity index (χ1v) is 6.51. The lowest BCUT2D eigenvalue weighted by Gasteiger charge is -2.23. The highest BCUT2D eigenvalue weighted by Gasteiger charge is 2.17. The van der Waals surface area contributed by atoms with Crippen molar-refractivity contribution >= 4 is 12.3 Å². The number of carbonyl (C=O) groups is 2. The summed E-state index contributed by atoms with van der Waals surface area (Å²) in [6, 6.07) is 0. The van der Waals surface area contributed by atoms with Crippen LogP contribution in [0.5, 0.6) is 0 Å². The van der Waals surface area contributed by atoms with Gasteiger partial charge in [-0.1, -0.05) is 0 Å². The third-order valence-corrected chi connectivity index (χ3v) is 3.01. The molecule has 0 amide bonds. The number of rotatable bonds is 8. The summed E-state index contributed by atoms with van der Waals surface area (Å²) in [6.07, 6.45) is 5.45. The number of ether oxygens (including phenoxy) is 3. The highest BCUT2D eigenvalue weighted by molar-refractivity contribution is 5.69. The molecule has 1 aliphatic rings. The summed E-state index contributed by atoms with van der Waals surface area (Å²) < 4.78 is 15.5. The van der Waals surface area contributed by atoms with Crippen LogP contribution in [0.3, 0.4) is 0 Å². The van der Waals surface area contributed by atoms with E-state index in [0.717, 1.165) is 32.2 Å². The summed E-state index contributed by atoms with van der Waals surface area (Å²) in [5.74, 6) is -0.406. The summed E-state index contributed by atoms with van der Waals surface area (Å²) in [7, 11) is 1.36. The zero-order chi connectivity index (χ0) is 13.2. The molecule has 0 saturated carbocycles. The van der Waals surface area contributed by atoms with Gasteiger partial charge in [-0.3, -0.25) is 4.79 Å². The number of esters is 1. The van der Waals surface area contributed by atoms with Gasteiger partial charge in [0.05, 0.1) is 13.7 Å². The largest absolute Gasteiger partial charge is 0.469 e. The van der Waals surface area contributed by atoms with Crippen molar-refractivity contribution in [2.45, 2.75) is 44.8 Å². The van der Waals surface area contributed by atoms with E-state index >= 15 is 0 Å². The fourth-order valence-electron chi connectivity index (χ4n) is 1.87. The van der Waals surface area contributed by atoms with Gasteiger partial charge in [-0.05, 0) is 32.1 Å². The zero-order valence-corrected chi connectivity index (χ0v) is 10.9. The van der Waals surface area contributed by atoms with E-state index < -0.39 is 0 Å². The number of hydrogen-bond donors (Lipinski definition) is 0. The van der Waals surface area contributed by atoms with Crippen LogP contribution >= 0.6 is 0 Å². The van der Waals surface area contributed by atoms with E-state index in [9.17, 15) is 9.59 Å². The van der Waals surface area contributed by atoms with Crippen LogP contribution in [-0.4, -0.2) is 38.9 Å². The van der Waals surface area contributed by atoms with Crippen LogP contribution in [0.25, 0.3) is 0 Å². The van der Waals surface area contributed by atoms with Gasteiger partial charge in [0.15, 0.2) is 6.29 Å². The number of hydrogen-bond acceptors (Lipinski definition) is 5. The van der Waals surface area contributed by atoms with Gasteiger partial charge < -0.3 is 19.0 Å². The normalized spacial score (nSPS) is 21.3. The molecule has 0 aromatic heterocycles. The van der Waals surface area contributed by atoms with Gasteiger partial charge in [0.25, 0.3) is 0 Å². The highest BCUT2D eigenvalue weighted by Crippen LogP contribution is 2.16. The van der Waals surface area contributed by atoms with Crippen LogP contribution in [0.2, 0.25) is 0 Å². The van der Waals surface area contributed by atoms with Crippen LogP contribution in [0.1, 0.15) is 38.5 Å². The second kappa shape index (κ2) is 9.05. The van der Waals surface area contributed by atoms with Crippen LogP contribution in [-0.2, 0) is 23.8 Å². The average Bonchev–Trinajstić information content (AvgIpc) is 2.43. The lowest BCUT2D eigenvalue weighted by Crippen LogP contribution is -2.25. The molecule has 0 aromatic carbocycles. The van der Waals surface area contributed by atoms with Crippen molar-refractivity contribution < 1.29 is 23.8 Å². The van der Waals surface area contributed by atoms with Crippen LogP contribution in [0.15, 0.2) is 0 Å². The Bertz CT molecular complexity index is 248. The monoisotopic (exact) mass is 258 g/mol. The summed E-state index contributed by atoms with van der Waals surface area (Å²) in [4.78, 5) is 21.8. The van der Waals surface area contributed by atoms with Crippen molar-refractivity contribution in [2.75, 3.05) is 20.3 Å². The second-order valence-electron chi connectivity index (χ2n) is 4.49. The quantitative estimate of drug-likeness (QED) is 0.489. The number of aldehydes is 1. The summed E-state index contributed by atoms with van der Waals surface area (Å²) in [5.41, 5.74) is 0. The van der Waals surface area contributed by atoms with Gasteiger partial charge in [-0.2, -0.15) is 0 Å². The predicted octanol–water partition coefficient (Wildman–Crippen LogP) is 1.69. The minimum Gasteiger partial charge on any atom is -0.469 e. The Balaban J connectivity index is 2.12. The molecule has 104 valence electrons. The molecule has 0 spiro atoms. The third-order valence-electron chi connectivity index (χ3n) is 3.01.